The highest BCUT2D eigenvalue weighted by Crippen LogP contribution is 2.38. The zero-order chi connectivity index (χ0) is 29.3. The van der Waals surface area contributed by atoms with E-state index >= 15 is 0 Å². The van der Waals surface area contributed by atoms with Gasteiger partial charge in [0, 0.05) is 55.9 Å². The Morgan fingerprint density at radius 3 is 2.54 bits per heavy atom. The second-order valence-corrected chi connectivity index (χ2v) is 12.7. The second-order valence-electron chi connectivity index (χ2n) is 12.3. The molecule has 0 spiro atoms. The van der Waals surface area contributed by atoms with E-state index in [4.69, 9.17) is 11.6 Å². The number of carbonyl (C=O) groups is 2. The lowest BCUT2D eigenvalue weighted by molar-refractivity contribution is 0.0984. The summed E-state index contributed by atoms with van der Waals surface area (Å²) in [6, 6.07) is 11.2. The minimum absolute atomic E-state index is 0.0436. The van der Waals surface area contributed by atoms with Crippen molar-refractivity contribution in [2.45, 2.75) is 47.2 Å². The number of nitrogens with zero attached hydrogens (tertiary/aromatic N) is 5. The normalized spacial score (nSPS) is 15.6. The van der Waals surface area contributed by atoms with E-state index < -0.39 is 0 Å². The van der Waals surface area contributed by atoms with Gasteiger partial charge in [0.05, 0.1) is 24.1 Å². The van der Waals surface area contributed by atoms with Crippen molar-refractivity contribution in [3.63, 3.8) is 0 Å². The van der Waals surface area contributed by atoms with Crippen molar-refractivity contribution < 1.29 is 9.59 Å². The molecule has 1 saturated heterocycles. The maximum Gasteiger partial charge on any atom is 0.317 e. The molecule has 5 rings (SSSR count). The van der Waals surface area contributed by atoms with Gasteiger partial charge in [-0.3, -0.25) is 14.4 Å². The molecule has 2 aliphatic heterocycles. The lowest BCUT2D eigenvalue weighted by atomic mass is 9.92. The number of benzene rings is 2. The van der Waals surface area contributed by atoms with Gasteiger partial charge < -0.3 is 20.4 Å². The van der Waals surface area contributed by atoms with Gasteiger partial charge in [-0.05, 0) is 60.7 Å². The van der Waals surface area contributed by atoms with Crippen molar-refractivity contribution in [1.82, 2.24) is 24.9 Å². The quantitative estimate of drug-likeness (QED) is 0.415. The van der Waals surface area contributed by atoms with Gasteiger partial charge in [0.15, 0.2) is 0 Å². The molecule has 0 aliphatic carbocycles. The van der Waals surface area contributed by atoms with Gasteiger partial charge in [0.25, 0.3) is 5.91 Å². The highest BCUT2D eigenvalue weighted by Gasteiger charge is 2.28. The maximum atomic E-state index is 13.9. The average molecular weight is 578 g/mol. The predicted octanol–water partition coefficient (Wildman–Crippen LogP) is 5.55. The fourth-order valence-corrected chi connectivity index (χ4v) is 5.52. The number of rotatable bonds is 5. The van der Waals surface area contributed by atoms with E-state index in [9.17, 15) is 9.59 Å². The molecule has 2 aliphatic rings. The Morgan fingerprint density at radius 2 is 1.83 bits per heavy atom. The van der Waals surface area contributed by atoms with Gasteiger partial charge in [0.2, 0.25) is 0 Å². The topological polar surface area (TPSA) is 85.7 Å². The molecule has 0 saturated carbocycles. The molecule has 218 valence electrons. The van der Waals surface area contributed by atoms with E-state index in [1.165, 1.54) is 0 Å². The van der Waals surface area contributed by atoms with Gasteiger partial charge in [0.1, 0.15) is 5.82 Å². The monoisotopic (exact) mass is 577 g/mol. The highest BCUT2D eigenvalue weighted by atomic mass is 35.5. The Hall–Kier alpha value is -3.56. The largest absolute Gasteiger partial charge is 0.338 e. The standard InChI is InChI=1S/C31H40ClN7O2/c1-21-16-22(18-33-30(41)38-14-12-37(13-15-38)11-10-31(2,3)4)6-8-25(21)29(40)39-20-23-19-34-36(5)28(23)35-26-17-24(32)7-9-27(26)39/h6-9,16-17,19,35H,10-15,18,20H2,1-5H3,(H,33,41). The van der Waals surface area contributed by atoms with Crippen LogP contribution in [0.1, 0.15) is 54.2 Å². The second kappa shape index (κ2) is 11.7. The Kier molecular flexibility index (Phi) is 8.29. The average Bonchev–Trinajstić information content (AvgIpc) is 3.18. The van der Waals surface area contributed by atoms with Crippen molar-refractivity contribution in [2.75, 3.05) is 42.9 Å². The lowest BCUT2D eigenvalue weighted by Crippen LogP contribution is -2.51. The summed E-state index contributed by atoms with van der Waals surface area (Å²) in [6.45, 7) is 13.9. The Morgan fingerprint density at radius 1 is 1.07 bits per heavy atom. The number of nitrogens with one attached hydrogen (secondary N) is 2. The summed E-state index contributed by atoms with van der Waals surface area (Å²) in [5.74, 6) is 0.724. The molecular formula is C31H40ClN7O2. The van der Waals surface area contributed by atoms with Crippen LogP contribution in [-0.4, -0.2) is 64.2 Å². The van der Waals surface area contributed by atoms with E-state index in [-0.39, 0.29) is 11.9 Å². The van der Waals surface area contributed by atoms with Crippen molar-refractivity contribution in [3.8, 4) is 0 Å². The summed E-state index contributed by atoms with van der Waals surface area (Å²) in [6.07, 6.45) is 2.93. The number of fused-ring (bicyclic) bond motifs is 2. The van der Waals surface area contributed by atoms with E-state index in [1.807, 2.05) is 49.2 Å². The zero-order valence-corrected chi connectivity index (χ0v) is 25.4. The molecule has 9 nitrogen and oxygen atoms in total. The minimum atomic E-state index is -0.107. The van der Waals surface area contributed by atoms with Crippen LogP contribution in [0.25, 0.3) is 0 Å². The predicted molar refractivity (Wildman–Crippen MR) is 164 cm³/mol. The number of aryl methyl sites for hydroxylation is 2. The molecule has 10 heteroatoms. The van der Waals surface area contributed by atoms with E-state index in [1.54, 1.807) is 21.8 Å². The first-order valence-electron chi connectivity index (χ1n) is 14.2. The van der Waals surface area contributed by atoms with Gasteiger partial charge in [-0.25, -0.2) is 4.79 Å². The number of urea groups is 1. The molecule has 3 heterocycles. The molecule has 0 bridgehead atoms. The molecule has 2 aromatic carbocycles. The summed E-state index contributed by atoms with van der Waals surface area (Å²) < 4.78 is 1.76. The van der Waals surface area contributed by atoms with Crippen molar-refractivity contribution in [3.05, 3.63) is 69.9 Å². The SMILES string of the molecule is Cc1cc(CNC(=O)N2CCN(CCC(C)(C)C)CC2)ccc1C(=O)N1Cc2cnn(C)c2Nc2cc(Cl)ccc21. The number of piperazine rings is 1. The maximum absolute atomic E-state index is 13.9. The van der Waals surface area contributed by atoms with Crippen LogP contribution in [0.15, 0.2) is 42.6 Å². The fraction of sp³-hybridized carbons (Fsp3) is 0.452. The van der Waals surface area contributed by atoms with E-state index in [0.717, 1.165) is 73.0 Å². The van der Waals surface area contributed by atoms with E-state index in [0.29, 0.717) is 29.1 Å². The number of anilines is 3. The summed E-state index contributed by atoms with van der Waals surface area (Å²) in [4.78, 5) is 32.9. The Balaban J connectivity index is 1.23. The third-order valence-electron chi connectivity index (χ3n) is 7.89. The summed E-state index contributed by atoms with van der Waals surface area (Å²) in [5, 5.41) is 11.4. The first kappa shape index (κ1) is 29.0. The minimum Gasteiger partial charge on any atom is -0.338 e. The van der Waals surface area contributed by atoms with E-state index in [2.05, 4.69) is 41.4 Å². The number of amides is 3. The van der Waals surface area contributed by atoms with Gasteiger partial charge in [-0.2, -0.15) is 5.10 Å². The van der Waals surface area contributed by atoms with Crippen molar-refractivity contribution in [1.29, 1.82) is 0 Å². The Bertz CT molecular complexity index is 1440. The first-order chi connectivity index (χ1) is 19.5. The number of carbonyl (C=O) groups excluding carboxylic acids is 2. The summed E-state index contributed by atoms with van der Waals surface area (Å²) in [5.41, 5.74) is 5.16. The molecule has 0 atom stereocenters. The third-order valence-corrected chi connectivity index (χ3v) is 8.13. The highest BCUT2D eigenvalue weighted by molar-refractivity contribution is 6.31. The molecule has 0 unspecified atom stereocenters. The number of hydrogen-bond donors (Lipinski definition) is 2. The molecule has 41 heavy (non-hydrogen) atoms. The first-order valence-corrected chi connectivity index (χ1v) is 14.6. The molecule has 2 N–H and O–H groups in total. The van der Waals surface area contributed by atoms with Crippen LogP contribution in [0.5, 0.6) is 0 Å². The van der Waals surface area contributed by atoms with Crippen LogP contribution in [0.2, 0.25) is 5.02 Å². The van der Waals surface area contributed by atoms with Crippen LogP contribution in [0.3, 0.4) is 0 Å². The fourth-order valence-electron chi connectivity index (χ4n) is 5.35. The number of halogens is 1. The Labute approximate surface area is 247 Å². The molecule has 3 aromatic rings. The smallest absolute Gasteiger partial charge is 0.317 e. The third kappa shape index (κ3) is 6.68. The zero-order valence-electron chi connectivity index (χ0n) is 24.6. The van der Waals surface area contributed by atoms with Crippen LogP contribution < -0.4 is 15.5 Å². The molecule has 0 radical (unpaired) electrons. The summed E-state index contributed by atoms with van der Waals surface area (Å²) >= 11 is 6.29. The van der Waals surface area contributed by atoms with Crippen LogP contribution in [0.4, 0.5) is 22.0 Å². The van der Waals surface area contributed by atoms with Crippen LogP contribution >= 0.6 is 11.6 Å². The molecular weight excluding hydrogens is 538 g/mol. The summed E-state index contributed by atoms with van der Waals surface area (Å²) in [7, 11) is 1.86. The van der Waals surface area contributed by atoms with Gasteiger partial charge in [-0.1, -0.05) is 44.5 Å². The van der Waals surface area contributed by atoms with Gasteiger partial charge >= 0.3 is 6.03 Å². The molecule has 1 fully saturated rings. The number of aromatic nitrogens is 2. The number of hydrogen-bond acceptors (Lipinski definition) is 5. The van der Waals surface area contributed by atoms with Crippen LogP contribution in [-0.2, 0) is 20.1 Å². The molecule has 1 aromatic heterocycles. The lowest BCUT2D eigenvalue weighted by Gasteiger charge is -2.35. The van der Waals surface area contributed by atoms with Gasteiger partial charge in [-0.15, -0.1) is 0 Å². The van der Waals surface area contributed by atoms with Crippen LogP contribution in [0, 0.1) is 12.3 Å². The van der Waals surface area contributed by atoms with Crippen molar-refractivity contribution >= 4 is 40.7 Å². The van der Waals surface area contributed by atoms with Crippen molar-refractivity contribution in [2.24, 2.45) is 12.5 Å². The molecule has 3 amide bonds.